The van der Waals surface area contributed by atoms with E-state index in [0.29, 0.717) is 38.2 Å². The molecule has 0 bridgehead atoms. The summed E-state index contributed by atoms with van der Waals surface area (Å²) in [7, 11) is 1.55. The van der Waals surface area contributed by atoms with Gasteiger partial charge in [0.05, 0.1) is 12.8 Å². The Morgan fingerprint density at radius 1 is 1.09 bits per heavy atom. The molecule has 5 aromatic rings. The van der Waals surface area contributed by atoms with Crippen LogP contribution in [0.5, 0.6) is 5.75 Å². The lowest BCUT2D eigenvalue weighted by molar-refractivity contribution is 0.411. The van der Waals surface area contributed by atoms with Crippen LogP contribution in [0.15, 0.2) is 76.7 Å². The largest absolute Gasteiger partial charge is 0.495 e. The Balaban J connectivity index is 1.75. The van der Waals surface area contributed by atoms with Gasteiger partial charge >= 0.3 is 0 Å². The number of hydrogen-bond donors (Lipinski definition) is 1. The molecule has 0 radical (unpaired) electrons. The number of benzene rings is 3. The predicted octanol–water partition coefficient (Wildman–Crippen LogP) is 5.96. The minimum atomic E-state index is -0.399. The summed E-state index contributed by atoms with van der Waals surface area (Å²) in [4.78, 5) is 21.7. The molecule has 2 aromatic heterocycles. The quantitative estimate of drug-likeness (QED) is 0.257. The Hall–Kier alpha value is -3.29. The van der Waals surface area contributed by atoms with Crippen LogP contribution in [-0.2, 0) is 5.75 Å². The first-order valence-electron chi connectivity index (χ1n) is 9.81. The smallest absolute Gasteiger partial charge is 0.283 e. The summed E-state index contributed by atoms with van der Waals surface area (Å²) < 4.78 is 21.4. The summed E-state index contributed by atoms with van der Waals surface area (Å²) in [6, 6.07) is 19.4. The van der Waals surface area contributed by atoms with Crippen LogP contribution in [0.1, 0.15) is 5.56 Å². The van der Waals surface area contributed by atoms with Crippen molar-refractivity contribution in [1.29, 1.82) is 0 Å². The Bertz CT molecular complexity index is 1510. The summed E-state index contributed by atoms with van der Waals surface area (Å²) in [5, 5.41) is 1.59. The van der Waals surface area contributed by atoms with E-state index in [4.69, 9.17) is 21.3 Å². The van der Waals surface area contributed by atoms with Crippen LogP contribution < -0.4 is 10.3 Å². The van der Waals surface area contributed by atoms with Gasteiger partial charge in [0.25, 0.3) is 5.56 Å². The second-order valence-electron chi connectivity index (χ2n) is 7.09. The highest BCUT2D eigenvalue weighted by Gasteiger charge is 2.20. The average Bonchev–Trinajstić information content (AvgIpc) is 3.18. The minimum Gasteiger partial charge on any atom is -0.495 e. The second-order valence-corrected chi connectivity index (χ2v) is 8.44. The number of thioether (sulfide) groups is 1. The van der Waals surface area contributed by atoms with E-state index in [2.05, 4.69) is 4.98 Å². The number of aromatic nitrogens is 3. The van der Waals surface area contributed by atoms with E-state index >= 15 is 0 Å². The number of ether oxygens (including phenoxy) is 1. The molecule has 0 aliphatic carbocycles. The molecule has 0 unspecified atom stereocenters. The van der Waals surface area contributed by atoms with Crippen molar-refractivity contribution in [3.05, 3.63) is 93.5 Å². The molecular formula is C24H17ClFN3O2S. The summed E-state index contributed by atoms with van der Waals surface area (Å²) in [5.41, 5.74) is 2.43. The third kappa shape index (κ3) is 3.43. The molecule has 160 valence electrons. The van der Waals surface area contributed by atoms with Gasteiger partial charge in [0, 0.05) is 27.2 Å². The molecule has 8 heteroatoms. The number of nitrogens with zero attached hydrogens (tertiary/aromatic N) is 2. The van der Waals surface area contributed by atoms with Crippen molar-refractivity contribution in [1.82, 2.24) is 14.5 Å². The van der Waals surface area contributed by atoms with Crippen molar-refractivity contribution < 1.29 is 9.13 Å². The van der Waals surface area contributed by atoms with E-state index in [1.165, 1.54) is 22.4 Å². The van der Waals surface area contributed by atoms with E-state index in [9.17, 15) is 9.18 Å². The fourth-order valence-corrected chi connectivity index (χ4v) is 5.02. The molecule has 1 N–H and O–H groups in total. The van der Waals surface area contributed by atoms with Gasteiger partial charge in [-0.25, -0.2) is 13.9 Å². The number of hydrogen-bond acceptors (Lipinski definition) is 4. The lowest BCUT2D eigenvalue weighted by atomic mass is 10.2. The van der Waals surface area contributed by atoms with Crippen LogP contribution in [0.4, 0.5) is 4.39 Å². The molecule has 5 nitrogen and oxygen atoms in total. The Kier molecular flexibility index (Phi) is 5.36. The Labute approximate surface area is 191 Å². The van der Waals surface area contributed by atoms with Gasteiger partial charge < -0.3 is 9.72 Å². The van der Waals surface area contributed by atoms with Crippen molar-refractivity contribution in [2.75, 3.05) is 7.11 Å². The zero-order valence-corrected chi connectivity index (χ0v) is 18.5. The normalized spacial score (nSPS) is 11.3. The standard InChI is InChI=1S/C24H17ClFN3O2S/c1-31-20-12-5-4-11-19(20)29-23(30)22-21(14-7-2-3-10-18(14)27-22)28-24(29)32-13-15-16(25)8-6-9-17(15)26/h2-12,27H,13H2,1H3. The van der Waals surface area contributed by atoms with Gasteiger partial charge in [-0.3, -0.25) is 4.79 Å². The average molecular weight is 466 g/mol. The number of aromatic amines is 1. The van der Waals surface area contributed by atoms with Gasteiger partial charge in [-0.05, 0) is 30.3 Å². The van der Waals surface area contributed by atoms with Crippen molar-refractivity contribution in [2.24, 2.45) is 0 Å². The summed E-state index contributed by atoms with van der Waals surface area (Å²) >= 11 is 7.46. The summed E-state index contributed by atoms with van der Waals surface area (Å²) in [5.74, 6) is 0.336. The van der Waals surface area contributed by atoms with Gasteiger partial charge in [0.1, 0.15) is 22.6 Å². The molecule has 0 spiro atoms. The van der Waals surface area contributed by atoms with Crippen molar-refractivity contribution in [3.63, 3.8) is 0 Å². The molecule has 0 saturated heterocycles. The van der Waals surface area contributed by atoms with Gasteiger partial charge in [-0.1, -0.05) is 59.8 Å². The number of fused-ring (bicyclic) bond motifs is 3. The first kappa shape index (κ1) is 20.6. The predicted molar refractivity (Wildman–Crippen MR) is 127 cm³/mol. The second kappa shape index (κ2) is 8.33. The molecule has 3 aromatic carbocycles. The molecule has 0 saturated carbocycles. The molecule has 0 aliphatic heterocycles. The van der Waals surface area contributed by atoms with Crippen molar-refractivity contribution in [2.45, 2.75) is 10.9 Å². The summed E-state index contributed by atoms with van der Waals surface area (Å²) in [6.07, 6.45) is 0. The monoisotopic (exact) mass is 465 g/mol. The fourth-order valence-electron chi connectivity index (χ4n) is 3.67. The van der Waals surface area contributed by atoms with Crippen molar-refractivity contribution in [3.8, 4) is 11.4 Å². The zero-order valence-electron chi connectivity index (χ0n) is 16.9. The molecule has 5 rings (SSSR count). The fraction of sp³-hybridized carbons (Fsp3) is 0.0833. The maximum absolute atomic E-state index is 14.4. The topological polar surface area (TPSA) is 59.9 Å². The number of para-hydroxylation sites is 3. The van der Waals surface area contributed by atoms with E-state index in [1.807, 2.05) is 36.4 Å². The van der Waals surface area contributed by atoms with Gasteiger partial charge in [-0.15, -0.1) is 0 Å². The minimum absolute atomic E-state index is 0.209. The molecule has 2 heterocycles. The van der Waals surface area contributed by atoms with Gasteiger partial charge in [-0.2, -0.15) is 0 Å². The van der Waals surface area contributed by atoms with E-state index in [0.717, 1.165) is 10.9 Å². The first-order chi connectivity index (χ1) is 15.6. The van der Waals surface area contributed by atoms with Crippen molar-refractivity contribution >= 4 is 45.3 Å². The molecule has 0 fully saturated rings. The summed E-state index contributed by atoms with van der Waals surface area (Å²) in [6.45, 7) is 0. The van der Waals surface area contributed by atoms with Crippen LogP contribution in [0, 0.1) is 5.82 Å². The third-order valence-corrected chi connectivity index (χ3v) is 6.55. The number of halogens is 2. The lowest BCUT2D eigenvalue weighted by Gasteiger charge is -2.15. The maximum Gasteiger partial charge on any atom is 0.283 e. The zero-order chi connectivity index (χ0) is 22.2. The number of H-pyrrole nitrogens is 1. The Morgan fingerprint density at radius 2 is 1.88 bits per heavy atom. The molecule has 0 aliphatic rings. The number of nitrogens with one attached hydrogen (secondary N) is 1. The highest BCUT2D eigenvalue weighted by Crippen LogP contribution is 2.32. The maximum atomic E-state index is 14.4. The van der Waals surface area contributed by atoms with Crippen LogP contribution >= 0.6 is 23.4 Å². The first-order valence-corrected chi connectivity index (χ1v) is 11.2. The van der Waals surface area contributed by atoms with Crippen LogP contribution in [-0.4, -0.2) is 21.6 Å². The highest BCUT2D eigenvalue weighted by molar-refractivity contribution is 7.98. The number of methoxy groups -OCH3 is 1. The molecule has 0 amide bonds. The lowest BCUT2D eigenvalue weighted by Crippen LogP contribution is -2.22. The SMILES string of the molecule is COc1ccccc1-n1c(SCc2c(F)cccc2Cl)nc2c([nH]c3ccccc32)c1=O. The molecular weight excluding hydrogens is 449 g/mol. The van der Waals surface area contributed by atoms with Crippen LogP contribution in [0.3, 0.4) is 0 Å². The third-order valence-electron chi connectivity index (χ3n) is 5.23. The molecule has 32 heavy (non-hydrogen) atoms. The molecule has 0 atom stereocenters. The van der Waals surface area contributed by atoms with Crippen LogP contribution in [0.25, 0.3) is 27.6 Å². The van der Waals surface area contributed by atoms with Crippen LogP contribution in [0.2, 0.25) is 5.02 Å². The van der Waals surface area contributed by atoms with E-state index < -0.39 is 5.82 Å². The van der Waals surface area contributed by atoms with Gasteiger partial charge in [0.15, 0.2) is 5.16 Å². The van der Waals surface area contributed by atoms with Gasteiger partial charge in [0.2, 0.25) is 0 Å². The van der Waals surface area contributed by atoms with E-state index in [1.54, 1.807) is 31.4 Å². The van der Waals surface area contributed by atoms with E-state index in [-0.39, 0.29) is 11.3 Å². The highest BCUT2D eigenvalue weighted by atomic mass is 35.5. The number of rotatable bonds is 5. The Morgan fingerprint density at radius 3 is 2.69 bits per heavy atom.